The number of hydrogen-bond donors (Lipinski definition) is 2. The van der Waals surface area contributed by atoms with E-state index in [1.54, 1.807) is 0 Å². The average Bonchev–Trinajstić information content (AvgIpc) is 2.77. The molecule has 0 unspecified atom stereocenters. The van der Waals surface area contributed by atoms with Gasteiger partial charge in [0.25, 0.3) is 0 Å². The summed E-state index contributed by atoms with van der Waals surface area (Å²) in [7, 11) is 0. The van der Waals surface area contributed by atoms with E-state index in [1.807, 2.05) is 30.0 Å². The number of fused-ring (bicyclic) bond motifs is 1. The molecule has 22 heavy (non-hydrogen) atoms. The van der Waals surface area contributed by atoms with E-state index in [9.17, 15) is 0 Å². The van der Waals surface area contributed by atoms with Gasteiger partial charge in [-0.2, -0.15) is 11.8 Å². The van der Waals surface area contributed by atoms with Crippen LogP contribution in [0.1, 0.15) is 18.9 Å². The summed E-state index contributed by atoms with van der Waals surface area (Å²) < 4.78 is 11.4. The van der Waals surface area contributed by atoms with Crippen molar-refractivity contribution < 1.29 is 9.47 Å². The maximum Gasteiger partial charge on any atom is 0.191 e. The minimum atomic E-state index is 0.616. The van der Waals surface area contributed by atoms with Crippen LogP contribution in [0.3, 0.4) is 0 Å². The fraction of sp³-hybridized carbons (Fsp3) is 0.562. The Morgan fingerprint density at radius 1 is 1.23 bits per heavy atom. The van der Waals surface area contributed by atoms with Gasteiger partial charge in [0.1, 0.15) is 0 Å². The van der Waals surface area contributed by atoms with Crippen molar-refractivity contribution in [2.45, 2.75) is 19.9 Å². The second-order valence-electron chi connectivity index (χ2n) is 4.95. The highest BCUT2D eigenvalue weighted by Crippen LogP contribution is 2.30. The molecule has 2 N–H and O–H groups in total. The molecular formula is C16H25N3O2S. The summed E-state index contributed by atoms with van der Waals surface area (Å²) in [6.07, 6.45) is 3.02. The van der Waals surface area contributed by atoms with Crippen LogP contribution in [0.2, 0.25) is 0 Å². The van der Waals surface area contributed by atoms with Crippen molar-refractivity contribution in [1.82, 2.24) is 10.6 Å². The van der Waals surface area contributed by atoms with Gasteiger partial charge in [-0.25, -0.2) is 4.99 Å². The quantitative estimate of drug-likeness (QED) is 0.478. The van der Waals surface area contributed by atoms with Crippen LogP contribution in [-0.2, 0) is 6.54 Å². The van der Waals surface area contributed by atoms with Crippen LogP contribution in [0, 0.1) is 0 Å². The van der Waals surface area contributed by atoms with Gasteiger partial charge in [0, 0.05) is 25.3 Å². The molecular weight excluding hydrogens is 298 g/mol. The van der Waals surface area contributed by atoms with Crippen LogP contribution in [0.15, 0.2) is 23.2 Å². The molecule has 1 aromatic rings. The molecule has 1 aliphatic rings. The minimum absolute atomic E-state index is 0.616. The molecule has 0 amide bonds. The molecule has 0 fully saturated rings. The molecule has 1 aliphatic heterocycles. The Balaban J connectivity index is 1.98. The maximum absolute atomic E-state index is 5.72. The zero-order valence-corrected chi connectivity index (χ0v) is 14.2. The molecule has 2 rings (SSSR count). The van der Waals surface area contributed by atoms with Gasteiger partial charge in [-0.1, -0.05) is 6.07 Å². The predicted octanol–water partition coefficient (Wildman–Crippen LogP) is 2.27. The Bertz CT molecular complexity index is 494. The highest BCUT2D eigenvalue weighted by atomic mass is 32.2. The summed E-state index contributed by atoms with van der Waals surface area (Å²) in [5, 5.41) is 6.58. The van der Waals surface area contributed by atoms with Gasteiger partial charge >= 0.3 is 0 Å². The first kappa shape index (κ1) is 16.8. The lowest BCUT2D eigenvalue weighted by atomic mass is 10.2. The largest absolute Gasteiger partial charge is 0.490 e. The molecule has 5 nitrogen and oxygen atoms in total. The van der Waals surface area contributed by atoms with Gasteiger partial charge in [-0.3, -0.25) is 0 Å². The lowest BCUT2D eigenvalue weighted by molar-refractivity contribution is 0.297. The van der Waals surface area contributed by atoms with Crippen molar-refractivity contribution in [3.8, 4) is 11.5 Å². The topological polar surface area (TPSA) is 54.9 Å². The summed E-state index contributed by atoms with van der Waals surface area (Å²) >= 11 is 1.82. The Labute approximate surface area is 136 Å². The molecule has 0 radical (unpaired) electrons. The Morgan fingerprint density at radius 3 is 2.82 bits per heavy atom. The van der Waals surface area contributed by atoms with Gasteiger partial charge in [0.05, 0.1) is 19.8 Å². The number of rotatable bonds is 6. The second-order valence-corrected chi connectivity index (χ2v) is 5.93. The summed E-state index contributed by atoms with van der Waals surface area (Å²) in [6, 6.07) is 6.04. The van der Waals surface area contributed by atoms with Gasteiger partial charge in [0.2, 0.25) is 0 Å². The minimum Gasteiger partial charge on any atom is -0.490 e. The third-order valence-electron chi connectivity index (χ3n) is 3.17. The van der Waals surface area contributed by atoms with E-state index in [4.69, 9.17) is 9.47 Å². The maximum atomic E-state index is 5.72. The summed E-state index contributed by atoms with van der Waals surface area (Å²) in [5.41, 5.74) is 1.12. The number of nitrogens with zero attached hydrogens (tertiary/aromatic N) is 1. The van der Waals surface area contributed by atoms with E-state index in [1.165, 1.54) is 0 Å². The molecule has 1 heterocycles. The van der Waals surface area contributed by atoms with Crippen LogP contribution in [-0.4, -0.2) is 44.3 Å². The van der Waals surface area contributed by atoms with Crippen molar-refractivity contribution in [2.24, 2.45) is 4.99 Å². The molecule has 6 heteroatoms. The monoisotopic (exact) mass is 323 g/mol. The van der Waals surface area contributed by atoms with Crippen LogP contribution >= 0.6 is 11.8 Å². The van der Waals surface area contributed by atoms with E-state index in [0.717, 1.165) is 48.3 Å². The van der Waals surface area contributed by atoms with Crippen LogP contribution in [0.25, 0.3) is 0 Å². The van der Waals surface area contributed by atoms with E-state index >= 15 is 0 Å². The molecule has 0 aliphatic carbocycles. The molecule has 122 valence electrons. The van der Waals surface area contributed by atoms with Crippen molar-refractivity contribution in [2.75, 3.05) is 38.3 Å². The van der Waals surface area contributed by atoms with Crippen LogP contribution in [0.5, 0.6) is 11.5 Å². The average molecular weight is 323 g/mol. The number of ether oxygens (including phenoxy) is 2. The first-order valence-corrected chi connectivity index (χ1v) is 9.12. The highest BCUT2D eigenvalue weighted by Gasteiger charge is 2.10. The van der Waals surface area contributed by atoms with Gasteiger partial charge in [0.15, 0.2) is 17.5 Å². The third kappa shape index (κ3) is 5.33. The van der Waals surface area contributed by atoms with E-state index in [0.29, 0.717) is 19.8 Å². The summed E-state index contributed by atoms with van der Waals surface area (Å²) in [6.45, 7) is 5.87. The van der Waals surface area contributed by atoms with Gasteiger partial charge in [-0.05, 0) is 30.9 Å². The van der Waals surface area contributed by atoms with Crippen molar-refractivity contribution in [3.05, 3.63) is 23.8 Å². The molecule has 0 saturated carbocycles. The van der Waals surface area contributed by atoms with E-state index in [2.05, 4.69) is 28.8 Å². The normalized spacial score (nSPS) is 14.4. The van der Waals surface area contributed by atoms with Crippen LogP contribution in [0.4, 0.5) is 0 Å². The Hall–Kier alpha value is -1.56. The van der Waals surface area contributed by atoms with Gasteiger partial charge in [-0.15, -0.1) is 0 Å². The number of benzene rings is 1. The summed E-state index contributed by atoms with van der Waals surface area (Å²) in [4.78, 5) is 4.62. The zero-order chi connectivity index (χ0) is 15.6. The number of hydrogen-bond acceptors (Lipinski definition) is 4. The Morgan fingerprint density at radius 2 is 2.05 bits per heavy atom. The lowest BCUT2D eigenvalue weighted by Crippen LogP contribution is -2.38. The highest BCUT2D eigenvalue weighted by molar-refractivity contribution is 7.98. The molecule has 0 saturated heterocycles. The standard InChI is InChI=1S/C16H25N3O2S/c1-3-17-16(18-7-10-22-2)19-12-13-5-6-14-15(11-13)21-9-4-8-20-14/h5-6,11H,3-4,7-10,12H2,1-2H3,(H2,17,18,19). The number of guanidine groups is 1. The van der Waals surface area contributed by atoms with Crippen molar-refractivity contribution in [3.63, 3.8) is 0 Å². The number of aliphatic imine (C=N–C) groups is 1. The lowest BCUT2D eigenvalue weighted by Gasteiger charge is -2.11. The first-order valence-electron chi connectivity index (χ1n) is 7.73. The number of thioether (sulfide) groups is 1. The molecule has 0 spiro atoms. The predicted molar refractivity (Wildman–Crippen MR) is 93.2 cm³/mol. The van der Waals surface area contributed by atoms with Gasteiger partial charge < -0.3 is 20.1 Å². The number of nitrogens with one attached hydrogen (secondary N) is 2. The fourth-order valence-corrected chi connectivity index (χ4v) is 2.40. The van der Waals surface area contributed by atoms with E-state index < -0.39 is 0 Å². The second kappa shape index (κ2) is 9.46. The van der Waals surface area contributed by atoms with Crippen molar-refractivity contribution >= 4 is 17.7 Å². The SMILES string of the molecule is CCNC(=NCc1ccc2c(c1)OCCCO2)NCCSC. The summed E-state index contributed by atoms with van der Waals surface area (Å²) in [5.74, 6) is 3.57. The molecule has 0 bridgehead atoms. The smallest absolute Gasteiger partial charge is 0.191 e. The molecule has 1 aromatic carbocycles. The molecule has 0 atom stereocenters. The molecule has 0 aromatic heterocycles. The van der Waals surface area contributed by atoms with E-state index in [-0.39, 0.29) is 0 Å². The third-order valence-corrected chi connectivity index (χ3v) is 3.79. The first-order chi connectivity index (χ1) is 10.8. The fourth-order valence-electron chi connectivity index (χ4n) is 2.09. The van der Waals surface area contributed by atoms with Crippen LogP contribution < -0.4 is 20.1 Å². The zero-order valence-electron chi connectivity index (χ0n) is 13.4. The van der Waals surface area contributed by atoms with Crippen molar-refractivity contribution in [1.29, 1.82) is 0 Å². The Kier molecular flexibility index (Phi) is 7.22.